The van der Waals surface area contributed by atoms with E-state index < -0.39 is 0 Å². The largest absolute Gasteiger partial charge is 0.496 e. The molecule has 4 nitrogen and oxygen atoms in total. The highest BCUT2D eigenvalue weighted by Crippen LogP contribution is 2.33. The first kappa shape index (κ1) is 13.3. The summed E-state index contributed by atoms with van der Waals surface area (Å²) in [6.45, 7) is -0.0540. The van der Waals surface area contributed by atoms with Crippen LogP contribution in [0.25, 0.3) is 0 Å². The summed E-state index contributed by atoms with van der Waals surface area (Å²) in [5.41, 5.74) is 6.62. The van der Waals surface area contributed by atoms with Crippen LogP contribution in [0.15, 0.2) is 16.6 Å². The van der Waals surface area contributed by atoms with Gasteiger partial charge in [-0.2, -0.15) is 0 Å². The van der Waals surface area contributed by atoms with Crippen LogP contribution in [0.4, 0.5) is 0 Å². The Bertz CT molecular complexity index is 357. The fourth-order valence-electron chi connectivity index (χ4n) is 1.43. The van der Waals surface area contributed by atoms with Gasteiger partial charge in [0.05, 0.1) is 25.3 Å². The lowest BCUT2D eigenvalue weighted by Gasteiger charge is -2.14. The van der Waals surface area contributed by atoms with Gasteiger partial charge in [-0.05, 0) is 40.0 Å². The molecule has 0 aromatic heterocycles. The molecule has 0 bridgehead atoms. The SMILES string of the molecule is COc1cc(CC(N)CO)c(OC)cc1Br. The van der Waals surface area contributed by atoms with E-state index in [4.69, 9.17) is 20.3 Å². The Hall–Kier alpha value is -0.780. The molecule has 0 aliphatic rings. The summed E-state index contributed by atoms with van der Waals surface area (Å²) in [5, 5.41) is 8.93. The van der Waals surface area contributed by atoms with Crippen molar-refractivity contribution in [2.24, 2.45) is 5.73 Å². The van der Waals surface area contributed by atoms with Crippen LogP contribution in [-0.2, 0) is 6.42 Å². The number of aliphatic hydroxyl groups excluding tert-OH is 1. The summed E-state index contributed by atoms with van der Waals surface area (Å²) in [7, 11) is 3.20. The lowest BCUT2D eigenvalue weighted by atomic mass is 10.1. The van der Waals surface area contributed by atoms with Crippen molar-refractivity contribution in [1.82, 2.24) is 0 Å². The molecule has 0 saturated carbocycles. The molecule has 1 rings (SSSR count). The van der Waals surface area contributed by atoms with Gasteiger partial charge in [0.1, 0.15) is 11.5 Å². The second-order valence-electron chi connectivity index (χ2n) is 3.45. The number of methoxy groups -OCH3 is 2. The molecule has 0 aliphatic heterocycles. The van der Waals surface area contributed by atoms with Crippen molar-refractivity contribution in [3.8, 4) is 11.5 Å². The minimum Gasteiger partial charge on any atom is -0.496 e. The van der Waals surface area contributed by atoms with Gasteiger partial charge in [0, 0.05) is 6.04 Å². The van der Waals surface area contributed by atoms with E-state index in [0.717, 1.165) is 21.5 Å². The zero-order valence-electron chi connectivity index (χ0n) is 9.37. The van der Waals surface area contributed by atoms with Crippen molar-refractivity contribution >= 4 is 15.9 Å². The maximum atomic E-state index is 8.93. The van der Waals surface area contributed by atoms with Crippen LogP contribution < -0.4 is 15.2 Å². The minimum atomic E-state index is -0.292. The molecule has 0 fully saturated rings. The Morgan fingerprint density at radius 1 is 1.31 bits per heavy atom. The molecule has 1 aromatic rings. The second-order valence-corrected chi connectivity index (χ2v) is 4.30. The zero-order chi connectivity index (χ0) is 12.1. The van der Waals surface area contributed by atoms with Crippen molar-refractivity contribution in [3.63, 3.8) is 0 Å². The molecule has 1 atom stereocenters. The smallest absolute Gasteiger partial charge is 0.133 e. The van der Waals surface area contributed by atoms with E-state index in [9.17, 15) is 0 Å². The van der Waals surface area contributed by atoms with E-state index in [0.29, 0.717) is 6.42 Å². The summed E-state index contributed by atoms with van der Waals surface area (Å²) in [6, 6.07) is 3.40. The molecular formula is C11H16BrNO3. The number of hydrogen-bond donors (Lipinski definition) is 2. The van der Waals surface area contributed by atoms with E-state index in [-0.39, 0.29) is 12.6 Å². The molecular weight excluding hydrogens is 274 g/mol. The molecule has 3 N–H and O–H groups in total. The predicted molar refractivity (Wildman–Crippen MR) is 66.0 cm³/mol. The summed E-state index contributed by atoms with van der Waals surface area (Å²) < 4.78 is 11.3. The number of rotatable bonds is 5. The van der Waals surface area contributed by atoms with Crippen LogP contribution in [-0.4, -0.2) is 32.0 Å². The van der Waals surface area contributed by atoms with Gasteiger partial charge in [-0.25, -0.2) is 0 Å². The van der Waals surface area contributed by atoms with E-state index in [1.54, 1.807) is 14.2 Å². The van der Waals surface area contributed by atoms with Crippen LogP contribution in [0, 0.1) is 0 Å². The third-order valence-electron chi connectivity index (χ3n) is 2.27. The standard InChI is InChI=1S/C11H16BrNO3/c1-15-10-5-9(12)11(16-2)4-7(10)3-8(13)6-14/h4-5,8,14H,3,6,13H2,1-2H3. The van der Waals surface area contributed by atoms with Gasteiger partial charge in [0.25, 0.3) is 0 Å². The number of aliphatic hydroxyl groups is 1. The van der Waals surface area contributed by atoms with Crippen molar-refractivity contribution in [3.05, 3.63) is 22.2 Å². The molecule has 16 heavy (non-hydrogen) atoms. The average molecular weight is 290 g/mol. The lowest BCUT2D eigenvalue weighted by molar-refractivity contribution is 0.264. The summed E-state index contributed by atoms with van der Waals surface area (Å²) in [5.74, 6) is 1.46. The third-order valence-corrected chi connectivity index (χ3v) is 2.89. The fourth-order valence-corrected chi connectivity index (χ4v) is 1.91. The van der Waals surface area contributed by atoms with Crippen LogP contribution in [0.2, 0.25) is 0 Å². The molecule has 90 valence electrons. The van der Waals surface area contributed by atoms with Gasteiger partial charge in [0.2, 0.25) is 0 Å². The van der Waals surface area contributed by atoms with Gasteiger partial charge in [-0.1, -0.05) is 0 Å². The number of nitrogens with two attached hydrogens (primary N) is 1. The summed E-state index contributed by atoms with van der Waals surface area (Å²) in [4.78, 5) is 0. The van der Waals surface area contributed by atoms with Crippen LogP contribution in [0.1, 0.15) is 5.56 Å². The molecule has 0 amide bonds. The lowest BCUT2D eigenvalue weighted by Crippen LogP contribution is -2.27. The molecule has 0 saturated heterocycles. The van der Waals surface area contributed by atoms with E-state index in [1.165, 1.54) is 0 Å². The Morgan fingerprint density at radius 3 is 2.44 bits per heavy atom. The average Bonchev–Trinajstić information content (AvgIpc) is 2.30. The number of ether oxygens (including phenoxy) is 2. The van der Waals surface area contributed by atoms with Crippen molar-refractivity contribution in [1.29, 1.82) is 0 Å². The number of benzene rings is 1. The van der Waals surface area contributed by atoms with E-state index in [2.05, 4.69) is 15.9 Å². The highest BCUT2D eigenvalue weighted by molar-refractivity contribution is 9.10. The van der Waals surface area contributed by atoms with Crippen LogP contribution >= 0.6 is 15.9 Å². The molecule has 0 heterocycles. The van der Waals surface area contributed by atoms with Gasteiger partial charge < -0.3 is 20.3 Å². The molecule has 1 aromatic carbocycles. The summed E-state index contributed by atoms with van der Waals surface area (Å²) in [6.07, 6.45) is 0.545. The summed E-state index contributed by atoms with van der Waals surface area (Å²) >= 11 is 3.38. The Balaban J connectivity index is 3.04. The number of hydrogen-bond acceptors (Lipinski definition) is 4. The molecule has 0 radical (unpaired) electrons. The van der Waals surface area contributed by atoms with Crippen LogP contribution in [0.3, 0.4) is 0 Å². The Morgan fingerprint density at radius 2 is 1.94 bits per heavy atom. The first-order chi connectivity index (χ1) is 7.62. The Kier molecular flexibility index (Phi) is 5.05. The topological polar surface area (TPSA) is 64.7 Å². The maximum absolute atomic E-state index is 8.93. The molecule has 5 heteroatoms. The van der Waals surface area contributed by atoms with Gasteiger partial charge >= 0.3 is 0 Å². The van der Waals surface area contributed by atoms with Crippen molar-refractivity contribution in [2.45, 2.75) is 12.5 Å². The van der Waals surface area contributed by atoms with Gasteiger partial charge in [0.15, 0.2) is 0 Å². The molecule has 1 unspecified atom stereocenters. The molecule has 0 spiro atoms. The molecule has 0 aliphatic carbocycles. The number of halogens is 1. The minimum absolute atomic E-state index is 0.0540. The maximum Gasteiger partial charge on any atom is 0.133 e. The quantitative estimate of drug-likeness (QED) is 0.858. The Labute approximate surface area is 103 Å². The van der Waals surface area contributed by atoms with Crippen molar-refractivity contribution in [2.75, 3.05) is 20.8 Å². The highest BCUT2D eigenvalue weighted by atomic mass is 79.9. The fraction of sp³-hybridized carbons (Fsp3) is 0.455. The van der Waals surface area contributed by atoms with Gasteiger partial charge in [-0.3, -0.25) is 0 Å². The van der Waals surface area contributed by atoms with Gasteiger partial charge in [-0.15, -0.1) is 0 Å². The zero-order valence-corrected chi connectivity index (χ0v) is 11.0. The predicted octanol–water partition coefficient (Wildman–Crippen LogP) is 1.33. The van der Waals surface area contributed by atoms with E-state index >= 15 is 0 Å². The highest BCUT2D eigenvalue weighted by Gasteiger charge is 2.12. The van der Waals surface area contributed by atoms with Crippen LogP contribution in [0.5, 0.6) is 11.5 Å². The first-order valence-electron chi connectivity index (χ1n) is 4.89. The normalized spacial score (nSPS) is 12.3. The first-order valence-corrected chi connectivity index (χ1v) is 5.68. The third kappa shape index (κ3) is 3.10. The monoisotopic (exact) mass is 289 g/mol. The van der Waals surface area contributed by atoms with E-state index in [1.807, 2.05) is 12.1 Å². The second kappa shape index (κ2) is 6.08. The van der Waals surface area contributed by atoms with Crippen molar-refractivity contribution < 1.29 is 14.6 Å².